The molecule has 0 aromatic heterocycles. The molecule has 1 aromatic carbocycles. The van der Waals surface area contributed by atoms with E-state index in [0.29, 0.717) is 30.9 Å². The molecular weight excluding hydrogens is 380 g/mol. The Balaban J connectivity index is 1.54. The highest BCUT2D eigenvalue weighted by Crippen LogP contribution is 2.49. The predicted molar refractivity (Wildman–Crippen MR) is 114 cm³/mol. The number of nitrogens with one attached hydrogen (secondary N) is 1. The normalized spacial score (nSPS) is 24.3. The number of carbonyl (C=O) groups is 2. The van der Waals surface area contributed by atoms with Crippen molar-refractivity contribution in [3.8, 4) is 11.5 Å². The quantitative estimate of drug-likeness (QED) is 0.769. The minimum atomic E-state index is -0.578. The van der Waals surface area contributed by atoms with E-state index in [9.17, 15) is 9.59 Å². The number of nitrogens with zero attached hydrogens (tertiary/aromatic N) is 1. The largest absolute Gasteiger partial charge is 0.493 e. The van der Waals surface area contributed by atoms with Gasteiger partial charge in [-0.25, -0.2) is 0 Å². The molecule has 1 atom stereocenters. The molecule has 1 aliphatic heterocycles. The zero-order chi connectivity index (χ0) is 21.1. The molecule has 1 aromatic rings. The number of likely N-dealkylation sites (tertiary alicyclic amines) is 1. The Labute approximate surface area is 178 Å². The third kappa shape index (κ3) is 3.68. The predicted octanol–water partition coefficient (Wildman–Crippen LogP) is 3.94. The van der Waals surface area contributed by atoms with Crippen LogP contribution in [0.25, 0.3) is 0 Å². The van der Waals surface area contributed by atoms with Crippen LogP contribution in [0.1, 0.15) is 63.4 Å². The fraction of sp³-hybridized carbons (Fsp3) is 0.583. The van der Waals surface area contributed by atoms with Gasteiger partial charge in [-0.15, -0.1) is 0 Å². The highest BCUT2D eigenvalue weighted by atomic mass is 16.5. The standard InChI is InChI=1S/C24H32N2O4/c1-29-19-11-10-17(15-20(19)30-2)16-25-23(28)24-13-6-5-9-21(24)26(22(27)12-14-24)18-7-3-4-8-18/h9-11,15,18H,3-8,12-14,16H2,1-2H3,(H,25,28). The van der Waals surface area contributed by atoms with E-state index in [0.717, 1.165) is 43.4 Å². The molecule has 1 saturated carbocycles. The van der Waals surface area contributed by atoms with Gasteiger partial charge < -0.3 is 19.7 Å². The molecule has 0 bridgehead atoms. The maximum absolute atomic E-state index is 13.5. The first-order chi connectivity index (χ1) is 14.6. The van der Waals surface area contributed by atoms with Crippen LogP contribution in [-0.2, 0) is 16.1 Å². The summed E-state index contributed by atoms with van der Waals surface area (Å²) in [7, 11) is 3.21. The molecule has 1 unspecified atom stereocenters. The molecule has 162 valence electrons. The van der Waals surface area contributed by atoms with Gasteiger partial charge in [0, 0.05) is 24.7 Å². The topological polar surface area (TPSA) is 67.9 Å². The monoisotopic (exact) mass is 412 g/mol. The summed E-state index contributed by atoms with van der Waals surface area (Å²) in [5, 5.41) is 3.16. The van der Waals surface area contributed by atoms with Crippen molar-refractivity contribution in [1.82, 2.24) is 10.2 Å². The maximum atomic E-state index is 13.5. The third-order valence-corrected chi connectivity index (χ3v) is 6.96. The Hall–Kier alpha value is -2.50. The Morgan fingerprint density at radius 2 is 1.90 bits per heavy atom. The highest BCUT2D eigenvalue weighted by molar-refractivity contribution is 5.91. The van der Waals surface area contributed by atoms with Crippen LogP contribution >= 0.6 is 0 Å². The second kappa shape index (κ2) is 8.70. The number of rotatable bonds is 6. The van der Waals surface area contributed by atoms with Crippen molar-refractivity contribution in [3.05, 3.63) is 35.5 Å². The molecule has 3 aliphatic rings. The van der Waals surface area contributed by atoms with Gasteiger partial charge in [0.05, 0.1) is 19.6 Å². The number of benzene rings is 1. The van der Waals surface area contributed by atoms with Gasteiger partial charge in [0.1, 0.15) is 0 Å². The fourth-order valence-electron chi connectivity index (χ4n) is 5.37. The summed E-state index contributed by atoms with van der Waals surface area (Å²) in [4.78, 5) is 28.4. The first-order valence-corrected chi connectivity index (χ1v) is 11.1. The first kappa shape index (κ1) is 20.8. The van der Waals surface area contributed by atoms with Crippen LogP contribution in [0, 0.1) is 5.41 Å². The van der Waals surface area contributed by atoms with Gasteiger partial charge in [-0.3, -0.25) is 9.59 Å². The number of hydrogen-bond donors (Lipinski definition) is 1. The number of methoxy groups -OCH3 is 2. The number of ether oxygens (including phenoxy) is 2. The number of carbonyl (C=O) groups excluding carboxylic acids is 2. The number of piperidine rings is 1. The summed E-state index contributed by atoms with van der Waals surface area (Å²) in [5.74, 6) is 1.55. The minimum absolute atomic E-state index is 0.0405. The summed E-state index contributed by atoms with van der Waals surface area (Å²) < 4.78 is 10.7. The molecule has 4 rings (SSSR count). The summed E-state index contributed by atoms with van der Waals surface area (Å²) in [6, 6.07) is 5.95. The molecule has 1 saturated heterocycles. The third-order valence-electron chi connectivity index (χ3n) is 6.96. The van der Waals surface area contributed by atoms with E-state index in [4.69, 9.17) is 9.47 Å². The lowest BCUT2D eigenvalue weighted by molar-refractivity contribution is -0.142. The van der Waals surface area contributed by atoms with Crippen LogP contribution in [0.4, 0.5) is 0 Å². The number of amides is 2. The van der Waals surface area contributed by atoms with Crippen LogP contribution in [0.3, 0.4) is 0 Å². The van der Waals surface area contributed by atoms with Gasteiger partial charge in [-0.2, -0.15) is 0 Å². The SMILES string of the molecule is COc1ccc(CNC(=O)C23CCCC=C2N(C2CCCC2)C(=O)CC3)cc1OC. The van der Waals surface area contributed by atoms with Crippen molar-refractivity contribution in [2.45, 2.75) is 70.4 Å². The molecule has 2 fully saturated rings. The molecule has 6 nitrogen and oxygen atoms in total. The highest BCUT2D eigenvalue weighted by Gasteiger charge is 2.51. The van der Waals surface area contributed by atoms with Gasteiger partial charge in [-0.05, 0) is 56.2 Å². The van der Waals surface area contributed by atoms with Crippen molar-refractivity contribution >= 4 is 11.8 Å². The molecule has 2 amide bonds. The Morgan fingerprint density at radius 1 is 1.13 bits per heavy atom. The van der Waals surface area contributed by atoms with E-state index < -0.39 is 5.41 Å². The van der Waals surface area contributed by atoms with Crippen LogP contribution in [0.2, 0.25) is 0 Å². The number of hydrogen-bond acceptors (Lipinski definition) is 4. The van der Waals surface area contributed by atoms with Crippen molar-refractivity contribution in [2.75, 3.05) is 14.2 Å². The van der Waals surface area contributed by atoms with E-state index >= 15 is 0 Å². The maximum Gasteiger partial charge on any atom is 0.232 e. The Kier molecular flexibility index (Phi) is 6.02. The zero-order valence-corrected chi connectivity index (χ0v) is 18.0. The lowest BCUT2D eigenvalue weighted by Crippen LogP contribution is -2.55. The summed E-state index contributed by atoms with van der Waals surface area (Å²) >= 11 is 0. The second-order valence-electron chi connectivity index (χ2n) is 8.64. The van der Waals surface area contributed by atoms with Crippen molar-refractivity contribution in [3.63, 3.8) is 0 Å². The summed E-state index contributed by atoms with van der Waals surface area (Å²) in [6.45, 7) is 0.422. The Morgan fingerprint density at radius 3 is 2.63 bits per heavy atom. The van der Waals surface area contributed by atoms with Gasteiger partial charge in [0.15, 0.2) is 11.5 Å². The lowest BCUT2D eigenvalue weighted by atomic mass is 9.68. The smallest absolute Gasteiger partial charge is 0.232 e. The van der Waals surface area contributed by atoms with Crippen molar-refractivity contribution in [1.29, 1.82) is 0 Å². The average molecular weight is 413 g/mol. The van der Waals surface area contributed by atoms with Crippen molar-refractivity contribution < 1.29 is 19.1 Å². The molecule has 1 N–H and O–H groups in total. The lowest BCUT2D eigenvalue weighted by Gasteiger charge is -2.48. The van der Waals surface area contributed by atoms with Gasteiger partial charge in [0.25, 0.3) is 0 Å². The molecule has 6 heteroatoms. The van der Waals surface area contributed by atoms with E-state index in [1.165, 1.54) is 12.8 Å². The van der Waals surface area contributed by atoms with Crippen LogP contribution in [0.15, 0.2) is 30.0 Å². The first-order valence-electron chi connectivity index (χ1n) is 11.1. The molecule has 2 aliphatic carbocycles. The second-order valence-corrected chi connectivity index (χ2v) is 8.64. The van der Waals surface area contributed by atoms with E-state index in [-0.39, 0.29) is 17.9 Å². The molecule has 1 heterocycles. The van der Waals surface area contributed by atoms with Gasteiger partial charge >= 0.3 is 0 Å². The Bertz CT molecular complexity index is 844. The van der Waals surface area contributed by atoms with E-state index in [1.54, 1.807) is 14.2 Å². The minimum Gasteiger partial charge on any atom is -0.493 e. The van der Waals surface area contributed by atoms with Gasteiger partial charge in [0.2, 0.25) is 11.8 Å². The molecule has 0 spiro atoms. The van der Waals surface area contributed by atoms with E-state index in [2.05, 4.69) is 11.4 Å². The fourth-order valence-corrected chi connectivity index (χ4v) is 5.37. The summed E-state index contributed by atoms with van der Waals surface area (Å²) in [5.41, 5.74) is 1.35. The molecule has 0 radical (unpaired) electrons. The van der Waals surface area contributed by atoms with Crippen LogP contribution in [0.5, 0.6) is 11.5 Å². The number of fused-ring (bicyclic) bond motifs is 1. The van der Waals surface area contributed by atoms with Crippen molar-refractivity contribution in [2.24, 2.45) is 5.41 Å². The summed E-state index contributed by atoms with van der Waals surface area (Å²) in [6.07, 6.45) is 10.4. The van der Waals surface area contributed by atoms with Gasteiger partial charge in [-0.1, -0.05) is 25.0 Å². The number of allylic oxidation sites excluding steroid dienone is 1. The van der Waals surface area contributed by atoms with E-state index in [1.807, 2.05) is 23.1 Å². The van der Waals surface area contributed by atoms with Crippen LogP contribution in [-0.4, -0.2) is 37.0 Å². The zero-order valence-electron chi connectivity index (χ0n) is 18.0. The van der Waals surface area contributed by atoms with Crippen LogP contribution < -0.4 is 14.8 Å². The molecular formula is C24H32N2O4. The average Bonchev–Trinajstić information content (AvgIpc) is 3.31. The molecule has 30 heavy (non-hydrogen) atoms.